The summed E-state index contributed by atoms with van der Waals surface area (Å²) in [6.45, 7) is 0. The lowest BCUT2D eigenvalue weighted by Gasteiger charge is -2.26. The van der Waals surface area contributed by atoms with Crippen LogP contribution in [0.25, 0.3) is 75.1 Å². The van der Waals surface area contributed by atoms with E-state index in [1.165, 1.54) is 75.1 Å². The van der Waals surface area contributed by atoms with Crippen molar-refractivity contribution in [2.45, 2.75) is 0 Å². The third-order valence-electron chi connectivity index (χ3n) is 10.3. The van der Waals surface area contributed by atoms with Crippen molar-refractivity contribution in [3.05, 3.63) is 200 Å². The lowest BCUT2D eigenvalue weighted by atomic mass is 9.97. The minimum absolute atomic E-state index is 1.11. The van der Waals surface area contributed by atoms with Gasteiger partial charge in [-0.05, 0) is 103 Å². The van der Waals surface area contributed by atoms with Gasteiger partial charge >= 0.3 is 0 Å². The van der Waals surface area contributed by atoms with Gasteiger partial charge in [0.15, 0.2) is 0 Å². The van der Waals surface area contributed by atoms with Gasteiger partial charge in [0, 0.05) is 37.2 Å². The molecule has 0 spiro atoms. The van der Waals surface area contributed by atoms with Gasteiger partial charge in [-0.3, -0.25) is 0 Å². The van der Waals surface area contributed by atoms with Crippen LogP contribution < -0.4 is 4.90 Å². The molecule has 0 atom stereocenters. The minimum atomic E-state index is 1.11. The summed E-state index contributed by atoms with van der Waals surface area (Å²) in [5, 5.41) is 7.68. The molecule has 1 heterocycles. The van der Waals surface area contributed by atoms with Crippen molar-refractivity contribution in [1.82, 2.24) is 0 Å². The molecule has 0 bridgehead atoms. The highest BCUT2D eigenvalue weighted by molar-refractivity contribution is 7.25. The summed E-state index contributed by atoms with van der Waals surface area (Å²) in [4.78, 5) is 2.38. The van der Waals surface area contributed by atoms with Crippen molar-refractivity contribution in [1.29, 1.82) is 0 Å². The SMILES string of the molecule is c1cc(-c2cccc3ccccc23)cc(N(c2ccc(-c3ccc4c(c3)sc3ccccc34)cc2)c2ccc(-c3cccc4ccccc34)cc2)c1. The molecular formula is C50H33NS. The quantitative estimate of drug-likeness (QED) is 0.169. The summed E-state index contributed by atoms with van der Waals surface area (Å²) in [7, 11) is 0. The Balaban J connectivity index is 1.07. The number of rotatable bonds is 6. The molecule has 2 heteroatoms. The van der Waals surface area contributed by atoms with Crippen LogP contribution in [0.3, 0.4) is 0 Å². The summed E-state index contributed by atoms with van der Waals surface area (Å²) < 4.78 is 2.65. The molecular weight excluding hydrogens is 647 g/mol. The van der Waals surface area contributed by atoms with Crippen LogP contribution >= 0.6 is 11.3 Å². The van der Waals surface area contributed by atoms with Gasteiger partial charge in [-0.15, -0.1) is 11.3 Å². The zero-order valence-electron chi connectivity index (χ0n) is 28.4. The Morgan fingerprint density at radius 1 is 0.288 bits per heavy atom. The van der Waals surface area contributed by atoms with E-state index in [-0.39, 0.29) is 0 Å². The molecule has 0 saturated heterocycles. The molecule has 0 amide bonds. The molecule has 0 N–H and O–H groups in total. The van der Waals surface area contributed by atoms with E-state index in [0.717, 1.165) is 17.1 Å². The highest BCUT2D eigenvalue weighted by atomic mass is 32.1. The second kappa shape index (κ2) is 12.7. The van der Waals surface area contributed by atoms with Crippen LogP contribution in [0.5, 0.6) is 0 Å². The molecule has 0 radical (unpaired) electrons. The summed E-state index contributed by atoms with van der Waals surface area (Å²) in [6.07, 6.45) is 0. The van der Waals surface area contributed by atoms with Gasteiger partial charge in [-0.2, -0.15) is 0 Å². The van der Waals surface area contributed by atoms with Gasteiger partial charge < -0.3 is 4.90 Å². The molecule has 0 saturated carbocycles. The Morgan fingerprint density at radius 2 is 0.808 bits per heavy atom. The van der Waals surface area contributed by atoms with Crippen LogP contribution in [0.1, 0.15) is 0 Å². The van der Waals surface area contributed by atoms with Crippen molar-refractivity contribution in [2.24, 2.45) is 0 Å². The van der Waals surface area contributed by atoms with E-state index < -0.39 is 0 Å². The van der Waals surface area contributed by atoms with Gasteiger partial charge in [-0.25, -0.2) is 0 Å². The van der Waals surface area contributed by atoms with E-state index in [1.54, 1.807) is 0 Å². The first kappa shape index (κ1) is 30.4. The Bertz CT molecular complexity index is 2890. The van der Waals surface area contributed by atoms with E-state index in [4.69, 9.17) is 0 Å². The fourth-order valence-electron chi connectivity index (χ4n) is 7.71. The van der Waals surface area contributed by atoms with E-state index in [2.05, 4.69) is 205 Å². The van der Waals surface area contributed by atoms with E-state index in [0.29, 0.717) is 0 Å². The molecule has 0 fully saturated rings. The van der Waals surface area contributed by atoms with Crippen LogP contribution in [0.15, 0.2) is 200 Å². The van der Waals surface area contributed by atoms with Crippen molar-refractivity contribution < 1.29 is 0 Å². The largest absolute Gasteiger partial charge is 0.310 e. The van der Waals surface area contributed by atoms with E-state index >= 15 is 0 Å². The van der Waals surface area contributed by atoms with Crippen LogP contribution in [-0.4, -0.2) is 0 Å². The number of benzene rings is 9. The molecule has 0 aliphatic heterocycles. The highest BCUT2D eigenvalue weighted by Gasteiger charge is 2.16. The summed E-state index contributed by atoms with van der Waals surface area (Å²) in [5.74, 6) is 0. The van der Waals surface area contributed by atoms with Gasteiger partial charge in [0.25, 0.3) is 0 Å². The Hall–Kier alpha value is -6.48. The summed E-state index contributed by atoms with van der Waals surface area (Å²) >= 11 is 1.86. The second-order valence-electron chi connectivity index (χ2n) is 13.3. The standard InChI is InChI=1S/C50H33NS/c1-3-16-43-35(10-1)12-8-19-45(43)37-24-29-41(30-25-37)51(42-15-7-14-39(32-42)46-20-9-13-36-11-2-4-17-44(36)46)40-27-22-34(23-28-40)38-26-31-48-47-18-5-6-21-49(47)52-50(48)33-38/h1-33H. The Kier molecular flexibility index (Phi) is 7.41. The van der Waals surface area contributed by atoms with Crippen molar-refractivity contribution in [3.8, 4) is 33.4 Å². The number of fused-ring (bicyclic) bond motifs is 5. The van der Waals surface area contributed by atoms with Crippen LogP contribution in [0.2, 0.25) is 0 Å². The predicted molar refractivity (Wildman–Crippen MR) is 225 cm³/mol. The normalized spacial score (nSPS) is 11.5. The summed E-state index contributed by atoms with van der Waals surface area (Å²) in [6, 6.07) is 72.9. The lowest BCUT2D eigenvalue weighted by Crippen LogP contribution is -2.10. The number of thiophene rings is 1. The van der Waals surface area contributed by atoms with Gasteiger partial charge in [-0.1, -0.05) is 152 Å². The van der Waals surface area contributed by atoms with Crippen molar-refractivity contribution in [3.63, 3.8) is 0 Å². The molecule has 10 aromatic rings. The zero-order chi connectivity index (χ0) is 34.4. The predicted octanol–water partition coefficient (Wildman–Crippen LogP) is 14.8. The maximum absolute atomic E-state index is 2.38. The van der Waals surface area contributed by atoms with Crippen LogP contribution in [0.4, 0.5) is 17.1 Å². The fraction of sp³-hybridized carbons (Fsp3) is 0. The number of anilines is 3. The van der Waals surface area contributed by atoms with Crippen LogP contribution in [-0.2, 0) is 0 Å². The van der Waals surface area contributed by atoms with Crippen LogP contribution in [0, 0.1) is 0 Å². The van der Waals surface area contributed by atoms with Gasteiger partial charge in [0.1, 0.15) is 0 Å². The maximum atomic E-state index is 2.38. The fourth-order valence-corrected chi connectivity index (χ4v) is 8.86. The lowest BCUT2D eigenvalue weighted by molar-refractivity contribution is 1.28. The summed E-state index contributed by atoms with van der Waals surface area (Å²) in [5.41, 5.74) is 10.7. The minimum Gasteiger partial charge on any atom is -0.310 e. The molecule has 244 valence electrons. The zero-order valence-corrected chi connectivity index (χ0v) is 29.2. The number of hydrogen-bond donors (Lipinski definition) is 0. The molecule has 1 nitrogen and oxygen atoms in total. The smallest absolute Gasteiger partial charge is 0.0467 e. The number of hydrogen-bond acceptors (Lipinski definition) is 2. The molecule has 1 aromatic heterocycles. The molecule has 0 aliphatic rings. The molecule has 9 aromatic carbocycles. The van der Waals surface area contributed by atoms with Crippen molar-refractivity contribution in [2.75, 3.05) is 4.90 Å². The first-order valence-corrected chi connectivity index (χ1v) is 18.6. The van der Waals surface area contributed by atoms with E-state index in [9.17, 15) is 0 Å². The first-order chi connectivity index (χ1) is 25.8. The van der Waals surface area contributed by atoms with Gasteiger partial charge in [0.05, 0.1) is 0 Å². The first-order valence-electron chi connectivity index (χ1n) is 17.8. The Labute approximate surface area is 307 Å². The topological polar surface area (TPSA) is 3.24 Å². The monoisotopic (exact) mass is 679 g/mol. The molecule has 0 unspecified atom stereocenters. The molecule has 0 aliphatic carbocycles. The second-order valence-corrected chi connectivity index (χ2v) is 14.4. The third kappa shape index (κ3) is 5.33. The number of nitrogens with zero attached hydrogens (tertiary/aromatic N) is 1. The highest BCUT2D eigenvalue weighted by Crippen LogP contribution is 2.41. The molecule has 10 rings (SSSR count). The maximum Gasteiger partial charge on any atom is 0.0467 e. The van der Waals surface area contributed by atoms with E-state index in [1.807, 2.05) is 11.3 Å². The van der Waals surface area contributed by atoms with Gasteiger partial charge in [0.2, 0.25) is 0 Å². The average molecular weight is 680 g/mol. The third-order valence-corrected chi connectivity index (χ3v) is 11.4. The Morgan fingerprint density at radius 3 is 1.50 bits per heavy atom. The molecule has 52 heavy (non-hydrogen) atoms. The van der Waals surface area contributed by atoms with Crippen molar-refractivity contribution >= 4 is 70.1 Å². The average Bonchev–Trinajstić information content (AvgIpc) is 3.59.